The van der Waals surface area contributed by atoms with Crippen molar-refractivity contribution in [3.05, 3.63) is 34.4 Å². The van der Waals surface area contributed by atoms with Gasteiger partial charge in [-0.3, -0.25) is 9.36 Å². The van der Waals surface area contributed by atoms with Gasteiger partial charge in [-0.25, -0.2) is 4.98 Å². The molecule has 0 unspecified atom stereocenters. The fraction of sp³-hybridized carbons (Fsp3) is 0.591. The molecule has 0 radical (unpaired) electrons. The van der Waals surface area contributed by atoms with Crippen LogP contribution in [0.4, 0.5) is 5.69 Å². The standard InChI is InChI=1S/C22H33N5OS/c1-3-12-26(13-4-2)15-11-23-22(29)24-17-9-10-19-18(16-17)21(28)27-14-7-5-6-8-20(27)25-19/h9-10,16H,3-8,11-15H2,1-2H3,(H2,23,24,29)/p+1. The van der Waals surface area contributed by atoms with Gasteiger partial charge in [0.2, 0.25) is 0 Å². The van der Waals surface area contributed by atoms with E-state index in [-0.39, 0.29) is 5.56 Å². The molecule has 29 heavy (non-hydrogen) atoms. The molecular weight excluding hydrogens is 382 g/mol. The predicted octanol–water partition coefficient (Wildman–Crippen LogP) is 2.11. The number of nitrogens with one attached hydrogen (secondary N) is 3. The Bertz CT molecular complexity index is 889. The van der Waals surface area contributed by atoms with Gasteiger partial charge in [0, 0.05) is 18.7 Å². The van der Waals surface area contributed by atoms with Crippen molar-refractivity contribution in [1.29, 1.82) is 0 Å². The Morgan fingerprint density at radius 2 is 1.97 bits per heavy atom. The van der Waals surface area contributed by atoms with Gasteiger partial charge in [-0.2, -0.15) is 0 Å². The number of nitrogens with zero attached hydrogens (tertiary/aromatic N) is 2. The van der Waals surface area contributed by atoms with E-state index in [1.165, 1.54) is 25.9 Å². The highest BCUT2D eigenvalue weighted by atomic mass is 32.1. The molecule has 1 aliphatic heterocycles. The molecule has 1 aliphatic rings. The molecule has 2 heterocycles. The normalized spacial score (nSPS) is 13.9. The molecule has 1 aromatic carbocycles. The number of hydrogen-bond donors (Lipinski definition) is 3. The Labute approximate surface area is 178 Å². The van der Waals surface area contributed by atoms with Gasteiger partial charge >= 0.3 is 0 Å². The Morgan fingerprint density at radius 3 is 2.72 bits per heavy atom. The lowest BCUT2D eigenvalue weighted by Crippen LogP contribution is -3.12. The van der Waals surface area contributed by atoms with Crippen molar-refractivity contribution in [2.45, 2.75) is 58.9 Å². The number of fused-ring (bicyclic) bond motifs is 2. The average molecular weight is 417 g/mol. The molecule has 0 saturated heterocycles. The van der Waals surface area contributed by atoms with Crippen LogP contribution in [0, 0.1) is 0 Å². The van der Waals surface area contributed by atoms with Crippen molar-refractivity contribution in [1.82, 2.24) is 14.9 Å². The first kappa shape index (κ1) is 21.7. The fourth-order valence-electron chi connectivity index (χ4n) is 4.11. The van der Waals surface area contributed by atoms with Gasteiger partial charge < -0.3 is 15.5 Å². The molecule has 3 rings (SSSR count). The Hall–Kier alpha value is -1.99. The van der Waals surface area contributed by atoms with E-state index in [1.54, 1.807) is 4.90 Å². The topological polar surface area (TPSA) is 63.4 Å². The highest BCUT2D eigenvalue weighted by Crippen LogP contribution is 2.18. The summed E-state index contributed by atoms with van der Waals surface area (Å²) in [5, 5.41) is 7.78. The van der Waals surface area contributed by atoms with E-state index in [9.17, 15) is 4.79 Å². The van der Waals surface area contributed by atoms with Crippen LogP contribution in [0.2, 0.25) is 0 Å². The molecule has 0 saturated carbocycles. The third-order valence-electron chi connectivity index (χ3n) is 5.54. The largest absolute Gasteiger partial charge is 0.357 e. The van der Waals surface area contributed by atoms with Crippen molar-refractivity contribution < 1.29 is 4.90 Å². The first-order valence-electron chi connectivity index (χ1n) is 11.0. The van der Waals surface area contributed by atoms with E-state index in [0.717, 1.165) is 62.3 Å². The van der Waals surface area contributed by atoms with Gasteiger partial charge in [0.15, 0.2) is 5.11 Å². The summed E-state index contributed by atoms with van der Waals surface area (Å²) in [5.74, 6) is 0.920. The first-order chi connectivity index (χ1) is 14.1. The summed E-state index contributed by atoms with van der Waals surface area (Å²) in [6.45, 7) is 9.51. The van der Waals surface area contributed by atoms with E-state index in [2.05, 4.69) is 24.5 Å². The average Bonchev–Trinajstić information content (AvgIpc) is 2.95. The van der Waals surface area contributed by atoms with Crippen molar-refractivity contribution in [2.75, 3.05) is 31.5 Å². The number of hydrogen-bond acceptors (Lipinski definition) is 3. The predicted molar refractivity (Wildman–Crippen MR) is 124 cm³/mol. The molecule has 1 aromatic heterocycles. The van der Waals surface area contributed by atoms with Crippen LogP contribution in [0.5, 0.6) is 0 Å². The van der Waals surface area contributed by atoms with Gasteiger partial charge in [0.25, 0.3) is 5.56 Å². The number of aryl methyl sites for hydroxylation is 1. The highest BCUT2D eigenvalue weighted by molar-refractivity contribution is 7.80. The van der Waals surface area contributed by atoms with Crippen LogP contribution in [0.15, 0.2) is 23.0 Å². The van der Waals surface area contributed by atoms with Gasteiger partial charge in [-0.05, 0) is 56.1 Å². The lowest BCUT2D eigenvalue weighted by Gasteiger charge is -2.19. The Morgan fingerprint density at radius 1 is 1.17 bits per heavy atom. The molecule has 0 atom stereocenters. The first-order valence-corrected chi connectivity index (χ1v) is 11.4. The third-order valence-corrected chi connectivity index (χ3v) is 5.79. The maximum absolute atomic E-state index is 13.0. The zero-order valence-corrected chi connectivity index (χ0v) is 18.5. The zero-order chi connectivity index (χ0) is 20.6. The van der Waals surface area contributed by atoms with Crippen LogP contribution in [0.25, 0.3) is 10.9 Å². The summed E-state index contributed by atoms with van der Waals surface area (Å²) in [7, 11) is 0. The Balaban J connectivity index is 1.65. The maximum atomic E-state index is 13.0. The van der Waals surface area contributed by atoms with E-state index >= 15 is 0 Å². The number of quaternary nitrogens is 1. The lowest BCUT2D eigenvalue weighted by atomic mass is 10.2. The molecule has 7 heteroatoms. The van der Waals surface area contributed by atoms with Crippen molar-refractivity contribution >= 4 is 33.9 Å². The minimum atomic E-state index is 0.0628. The highest BCUT2D eigenvalue weighted by Gasteiger charge is 2.14. The summed E-state index contributed by atoms with van der Waals surface area (Å²) < 4.78 is 1.86. The second kappa shape index (κ2) is 10.7. The van der Waals surface area contributed by atoms with Gasteiger partial charge in [0.1, 0.15) is 5.82 Å². The second-order valence-electron chi connectivity index (χ2n) is 7.91. The number of anilines is 1. The summed E-state index contributed by atoms with van der Waals surface area (Å²) in [4.78, 5) is 19.3. The van der Waals surface area contributed by atoms with Crippen molar-refractivity contribution in [3.63, 3.8) is 0 Å². The molecule has 3 N–H and O–H groups in total. The van der Waals surface area contributed by atoms with Gasteiger partial charge in [-0.1, -0.05) is 20.3 Å². The molecule has 6 nitrogen and oxygen atoms in total. The van der Waals surface area contributed by atoms with Gasteiger partial charge in [0.05, 0.1) is 37.1 Å². The molecule has 0 bridgehead atoms. The fourth-order valence-corrected chi connectivity index (χ4v) is 4.33. The minimum absolute atomic E-state index is 0.0628. The number of rotatable bonds is 8. The smallest absolute Gasteiger partial charge is 0.261 e. The minimum Gasteiger partial charge on any atom is -0.357 e. The van der Waals surface area contributed by atoms with E-state index in [4.69, 9.17) is 17.2 Å². The third kappa shape index (κ3) is 5.76. The van der Waals surface area contributed by atoms with E-state index < -0.39 is 0 Å². The molecule has 0 aliphatic carbocycles. The van der Waals surface area contributed by atoms with E-state index in [1.807, 2.05) is 22.8 Å². The number of thiocarbonyl (C=S) groups is 1. The maximum Gasteiger partial charge on any atom is 0.261 e. The number of benzene rings is 1. The quantitative estimate of drug-likeness (QED) is 0.576. The Kier molecular flexibility index (Phi) is 8.00. The summed E-state index contributed by atoms with van der Waals surface area (Å²) in [6.07, 6.45) is 6.58. The van der Waals surface area contributed by atoms with E-state index in [0.29, 0.717) is 10.5 Å². The van der Waals surface area contributed by atoms with Crippen LogP contribution in [0.1, 0.15) is 51.8 Å². The second-order valence-corrected chi connectivity index (χ2v) is 8.32. The van der Waals surface area contributed by atoms with Crippen LogP contribution >= 0.6 is 12.2 Å². The van der Waals surface area contributed by atoms with Gasteiger partial charge in [-0.15, -0.1) is 0 Å². The van der Waals surface area contributed by atoms with Crippen molar-refractivity contribution in [2.24, 2.45) is 0 Å². The van der Waals surface area contributed by atoms with Crippen LogP contribution in [-0.2, 0) is 13.0 Å². The summed E-state index contributed by atoms with van der Waals surface area (Å²) in [6, 6.07) is 5.74. The van der Waals surface area contributed by atoms with Crippen molar-refractivity contribution in [3.8, 4) is 0 Å². The monoisotopic (exact) mass is 416 g/mol. The zero-order valence-electron chi connectivity index (χ0n) is 17.7. The molecule has 158 valence electrons. The SMILES string of the molecule is CCC[NH+](CCC)CCNC(=S)Nc1ccc2nc3n(c(=O)c2c1)CCCCC3. The molecule has 0 fully saturated rings. The van der Waals surface area contributed by atoms with Crippen LogP contribution in [0.3, 0.4) is 0 Å². The molecule has 0 amide bonds. The van der Waals surface area contributed by atoms with Crippen LogP contribution in [-0.4, -0.2) is 40.8 Å². The lowest BCUT2D eigenvalue weighted by molar-refractivity contribution is -0.898. The number of aromatic nitrogens is 2. The summed E-state index contributed by atoms with van der Waals surface area (Å²) in [5.41, 5.74) is 1.66. The molecular formula is C22H34N5OS+. The summed E-state index contributed by atoms with van der Waals surface area (Å²) >= 11 is 5.46. The van der Waals surface area contributed by atoms with Crippen LogP contribution < -0.4 is 21.1 Å². The molecule has 2 aromatic rings. The molecule has 0 spiro atoms.